The highest BCUT2D eigenvalue weighted by molar-refractivity contribution is 5.94. The molecule has 0 saturated heterocycles. The molecule has 2 aromatic carbocycles. The zero-order valence-corrected chi connectivity index (χ0v) is 12.9. The third-order valence-corrected chi connectivity index (χ3v) is 2.90. The molecule has 4 heteroatoms. The van der Waals surface area contributed by atoms with Crippen molar-refractivity contribution in [2.75, 3.05) is 13.2 Å². The number of rotatable bonds is 7. The summed E-state index contributed by atoms with van der Waals surface area (Å²) in [6.45, 7) is 4.79. The highest BCUT2D eigenvalue weighted by Gasteiger charge is 2.06. The van der Waals surface area contributed by atoms with E-state index in [2.05, 4.69) is 5.32 Å². The molecule has 2 aromatic rings. The topological polar surface area (TPSA) is 47.6 Å². The summed E-state index contributed by atoms with van der Waals surface area (Å²) < 4.78 is 11.1. The first kappa shape index (κ1) is 15.9. The second-order valence-corrected chi connectivity index (χ2v) is 5.16. The molecule has 0 unspecified atom stereocenters. The number of nitrogens with one attached hydrogen (secondary N) is 1. The molecule has 1 amide bonds. The van der Waals surface area contributed by atoms with Crippen LogP contribution in [0.15, 0.2) is 54.6 Å². The van der Waals surface area contributed by atoms with Gasteiger partial charge >= 0.3 is 0 Å². The number of carbonyl (C=O) groups is 1. The summed E-state index contributed by atoms with van der Waals surface area (Å²) >= 11 is 0. The van der Waals surface area contributed by atoms with Crippen molar-refractivity contribution in [3.05, 3.63) is 60.2 Å². The number of amides is 1. The van der Waals surface area contributed by atoms with Gasteiger partial charge in [-0.25, -0.2) is 0 Å². The standard InChI is InChI=1S/C18H21NO3/c1-14(2)19-18(20)15-8-10-17(11-9-15)22-13-12-21-16-6-4-3-5-7-16/h3-11,14H,12-13H2,1-2H3,(H,19,20). The Bertz CT molecular complexity index is 579. The summed E-state index contributed by atoms with van der Waals surface area (Å²) in [4.78, 5) is 11.8. The summed E-state index contributed by atoms with van der Waals surface area (Å²) in [6, 6.07) is 16.8. The molecule has 22 heavy (non-hydrogen) atoms. The predicted octanol–water partition coefficient (Wildman–Crippen LogP) is 3.28. The van der Waals surface area contributed by atoms with E-state index in [9.17, 15) is 4.79 Å². The van der Waals surface area contributed by atoms with Gasteiger partial charge in [-0.2, -0.15) is 0 Å². The molecule has 0 aliphatic carbocycles. The van der Waals surface area contributed by atoms with Crippen LogP contribution in [-0.4, -0.2) is 25.2 Å². The fourth-order valence-electron chi connectivity index (χ4n) is 1.88. The lowest BCUT2D eigenvalue weighted by atomic mass is 10.2. The molecule has 0 aliphatic heterocycles. The van der Waals surface area contributed by atoms with E-state index in [1.807, 2.05) is 44.2 Å². The minimum atomic E-state index is -0.0750. The van der Waals surface area contributed by atoms with Gasteiger partial charge in [0, 0.05) is 11.6 Å². The first-order chi connectivity index (χ1) is 10.6. The molecule has 0 fully saturated rings. The smallest absolute Gasteiger partial charge is 0.251 e. The monoisotopic (exact) mass is 299 g/mol. The van der Waals surface area contributed by atoms with Gasteiger partial charge in [-0.05, 0) is 50.2 Å². The molecule has 1 N–H and O–H groups in total. The lowest BCUT2D eigenvalue weighted by molar-refractivity contribution is 0.0943. The van der Waals surface area contributed by atoms with E-state index in [0.717, 1.165) is 11.5 Å². The molecule has 4 nitrogen and oxygen atoms in total. The second kappa shape index (κ2) is 8.08. The minimum absolute atomic E-state index is 0.0750. The van der Waals surface area contributed by atoms with Crippen LogP contribution in [0.25, 0.3) is 0 Å². The van der Waals surface area contributed by atoms with Crippen LogP contribution in [0.2, 0.25) is 0 Å². The van der Waals surface area contributed by atoms with Crippen molar-refractivity contribution in [1.29, 1.82) is 0 Å². The van der Waals surface area contributed by atoms with Crippen molar-refractivity contribution in [3.8, 4) is 11.5 Å². The maximum atomic E-state index is 11.8. The number of hydrogen-bond donors (Lipinski definition) is 1. The molecule has 0 aromatic heterocycles. The maximum Gasteiger partial charge on any atom is 0.251 e. The zero-order chi connectivity index (χ0) is 15.8. The number of carbonyl (C=O) groups excluding carboxylic acids is 1. The Kier molecular flexibility index (Phi) is 5.83. The van der Waals surface area contributed by atoms with Gasteiger partial charge in [-0.1, -0.05) is 18.2 Å². The van der Waals surface area contributed by atoms with Gasteiger partial charge in [0.15, 0.2) is 0 Å². The Hall–Kier alpha value is -2.49. The van der Waals surface area contributed by atoms with Crippen LogP contribution in [0.3, 0.4) is 0 Å². The van der Waals surface area contributed by atoms with Crippen molar-refractivity contribution < 1.29 is 14.3 Å². The third kappa shape index (κ3) is 5.13. The van der Waals surface area contributed by atoms with E-state index in [1.165, 1.54) is 0 Å². The Balaban J connectivity index is 1.76. The molecular formula is C18H21NO3. The first-order valence-corrected chi connectivity index (χ1v) is 7.37. The van der Waals surface area contributed by atoms with E-state index in [-0.39, 0.29) is 11.9 Å². The highest BCUT2D eigenvalue weighted by atomic mass is 16.5. The zero-order valence-electron chi connectivity index (χ0n) is 12.9. The van der Waals surface area contributed by atoms with Gasteiger partial charge in [-0.3, -0.25) is 4.79 Å². The third-order valence-electron chi connectivity index (χ3n) is 2.90. The Morgan fingerprint density at radius 2 is 1.45 bits per heavy atom. The summed E-state index contributed by atoms with van der Waals surface area (Å²) in [6.07, 6.45) is 0. The van der Waals surface area contributed by atoms with Crippen LogP contribution in [0.4, 0.5) is 0 Å². The largest absolute Gasteiger partial charge is 0.490 e. The van der Waals surface area contributed by atoms with E-state index < -0.39 is 0 Å². The summed E-state index contributed by atoms with van der Waals surface area (Å²) in [5.41, 5.74) is 0.626. The average molecular weight is 299 g/mol. The van der Waals surface area contributed by atoms with E-state index in [4.69, 9.17) is 9.47 Å². The average Bonchev–Trinajstić information content (AvgIpc) is 2.52. The molecule has 0 radical (unpaired) electrons. The van der Waals surface area contributed by atoms with Gasteiger partial charge < -0.3 is 14.8 Å². The van der Waals surface area contributed by atoms with Crippen LogP contribution in [0, 0.1) is 0 Å². The molecule has 0 saturated carbocycles. The lowest BCUT2D eigenvalue weighted by Crippen LogP contribution is -2.29. The van der Waals surface area contributed by atoms with Crippen molar-refractivity contribution in [2.45, 2.75) is 19.9 Å². The fourth-order valence-corrected chi connectivity index (χ4v) is 1.88. The lowest BCUT2D eigenvalue weighted by Gasteiger charge is -2.10. The van der Waals surface area contributed by atoms with Crippen LogP contribution in [0.5, 0.6) is 11.5 Å². The molecule has 0 aliphatic rings. The quantitative estimate of drug-likeness (QED) is 0.798. The normalized spacial score (nSPS) is 10.3. The van der Waals surface area contributed by atoms with Gasteiger partial charge in [0.1, 0.15) is 24.7 Å². The SMILES string of the molecule is CC(C)NC(=O)c1ccc(OCCOc2ccccc2)cc1. The van der Waals surface area contributed by atoms with Crippen LogP contribution < -0.4 is 14.8 Å². The minimum Gasteiger partial charge on any atom is -0.490 e. The van der Waals surface area contributed by atoms with Crippen molar-refractivity contribution in [2.24, 2.45) is 0 Å². The second-order valence-electron chi connectivity index (χ2n) is 5.16. The Morgan fingerprint density at radius 1 is 0.909 bits per heavy atom. The Morgan fingerprint density at radius 3 is 2.00 bits per heavy atom. The summed E-state index contributed by atoms with van der Waals surface area (Å²) in [5.74, 6) is 1.47. The van der Waals surface area contributed by atoms with E-state index >= 15 is 0 Å². The van der Waals surface area contributed by atoms with Crippen LogP contribution in [-0.2, 0) is 0 Å². The van der Waals surface area contributed by atoms with Crippen molar-refractivity contribution >= 4 is 5.91 Å². The number of para-hydroxylation sites is 1. The van der Waals surface area contributed by atoms with E-state index in [1.54, 1.807) is 24.3 Å². The molecule has 0 heterocycles. The van der Waals surface area contributed by atoms with Gasteiger partial charge in [0.05, 0.1) is 0 Å². The Labute approximate surface area is 131 Å². The van der Waals surface area contributed by atoms with Crippen LogP contribution >= 0.6 is 0 Å². The first-order valence-electron chi connectivity index (χ1n) is 7.37. The van der Waals surface area contributed by atoms with Crippen molar-refractivity contribution in [3.63, 3.8) is 0 Å². The molecule has 0 spiro atoms. The van der Waals surface area contributed by atoms with Gasteiger partial charge in [0.2, 0.25) is 0 Å². The highest BCUT2D eigenvalue weighted by Crippen LogP contribution is 2.13. The van der Waals surface area contributed by atoms with Crippen LogP contribution in [0.1, 0.15) is 24.2 Å². The summed E-state index contributed by atoms with van der Waals surface area (Å²) in [7, 11) is 0. The predicted molar refractivity (Wildman–Crippen MR) is 86.5 cm³/mol. The van der Waals surface area contributed by atoms with Gasteiger partial charge in [0.25, 0.3) is 5.91 Å². The summed E-state index contributed by atoms with van der Waals surface area (Å²) in [5, 5.41) is 2.85. The molecule has 0 atom stereocenters. The maximum absolute atomic E-state index is 11.8. The van der Waals surface area contributed by atoms with E-state index in [0.29, 0.717) is 18.8 Å². The van der Waals surface area contributed by atoms with Gasteiger partial charge in [-0.15, -0.1) is 0 Å². The molecular weight excluding hydrogens is 278 g/mol. The number of hydrogen-bond acceptors (Lipinski definition) is 3. The molecule has 2 rings (SSSR count). The number of benzene rings is 2. The molecule has 116 valence electrons. The molecule has 0 bridgehead atoms. The number of ether oxygens (including phenoxy) is 2. The van der Waals surface area contributed by atoms with Crippen molar-refractivity contribution in [1.82, 2.24) is 5.32 Å². The fraction of sp³-hybridized carbons (Fsp3) is 0.278.